The lowest BCUT2D eigenvalue weighted by Gasteiger charge is -2.21. The van der Waals surface area contributed by atoms with Gasteiger partial charge < -0.3 is 10.1 Å². The highest BCUT2D eigenvalue weighted by Gasteiger charge is 2.19. The van der Waals surface area contributed by atoms with Crippen LogP contribution in [0.25, 0.3) is 0 Å². The summed E-state index contributed by atoms with van der Waals surface area (Å²) in [6, 6.07) is 5.05. The van der Waals surface area contributed by atoms with Crippen molar-refractivity contribution < 1.29 is 9.13 Å². The number of halogens is 1. The zero-order valence-corrected chi connectivity index (χ0v) is 11.6. The summed E-state index contributed by atoms with van der Waals surface area (Å²) in [5.41, 5.74) is 0.665. The molecule has 0 saturated heterocycles. The molecule has 0 aliphatic carbocycles. The van der Waals surface area contributed by atoms with Crippen molar-refractivity contribution in [2.45, 2.75) is 45.6 Å². The molecule has 0 aromatic heterocycles. The van der Waals surface area contributed by atoms with Gasteiger partial charge in [0.1, 0.15) is 11.6 Å². The molecule has 18 heavy (non-hydrogen) atoms. The first kappa shape index (κ1) is 15.0. The Balaban J connectivity index is 2.89. The van der Waals surface area contributed by atoms with Gasteiger partial charge in [-0.1, -0.05) is 39.2 Å². The van der Waals surface area contributed by atoms with Crippen LogP contribution in [0.3, 0.4) is 0 Å². The molecule has 0 aliphatic rings. The third kappa shape index (κ3) is 3.98. The molecule has 1 unspecified atom stereocenters. The van der Waals surface area contributed by atoms with E-state index in [1.54, 1.807) is 13.2 Å². The molecule has 0 amide bonds. The molecule has 2 nitrogen and oxygen atoms in total. The van der Waals surface area contributed by atoms with Crippen molar-refractivity contribution in [3.05, 3.63) is 29.6 Å². The Morgan fingerprint density at radius 1 is 1.28 bits per heavy atom. The molecule has 1 rings (SSSR count). The van der Waals surface area contributed by atoms with E-state index in [1.807, 2.05) is 13.0 Å². The number of rotatable bonds is 8. The third-order valence-electron chi connectivity index (χ3n) is 3.13. The molecular formula is C15H24FNO. The number of hydrogen-bond acceptors (Lipinski definition) is 2. The fourth-order valence-electron chi connectivity index (χ4n) is 2.23. The Morgan fingerprint density at radius 2 is 2.06 bits per heavy atom. The maximum Gasteiger partial charge on any atom is 0.131 e. The van der Waals surface area contributed by atoms with Crippen LogP contribution in [0.15, 0.2) is 18.2 Å². The van der Waals surface area contributed by atoms with E-state index < -0.39 is 0 Å². The predicted octanol–water partition coefficient (Wildman–Crippen LogP) is 4.07. The van der Waals surface area contributed by atoms with Crippen LogP contribution in [0.4, 0.5) is 4.39 Å². The Kier molecular flexibility index (Phi) is 6.73. The van der Waals surface area contributed by atoms with Gasteiger partial charge in [0.05, 0.1) is 7.11 Å². The molecule has 0 heterocycles. The van der Waals surface area contributed by atoms with Crippen molar-refractivity contribution in [3.8, 4) is 5.75 Å². The number of benzene rings is 1. The minimum Gasteiger partial charge on any atom is -0.496 e. The van der Waals surface area contributed by atoms with E-state index in [4.69, 9.17) is 4.74 Å². The molecule has 0 spiro atoms. The molecule has 0 radical (unpaired) electrons. The Bertz CT molecular complexity index is 354. The largest absolute Gasteiger partial charge is 0.496 e. The van der Waals surface area contributed by atoms with E-state index in [1.165, 1.54) is 18.9 Å². The van der Waals surface area contributed by atoms with E-state index in [0.717, 1.165) is 19.4 Å². The lowest BCUT2D eigenvalue weighted by molar-refractivity contribution is 0.383. The van der Waals surface area contributed by atoms with Crippen molar-refractivity contribution in [2.75, 3.05) is 13.7 Å². The second-order valence-corrected chi connectivity index (χ2v) is 4.46. The number of unbranched alkanes of at least 4 members (excludes halogenated alkanes) is 2. The van der Waals surface area contributed by atoms with E-state index in [9.17, 15) is 4.39 Å². The van der Waals surface area contributed by atoms with E-state index in [-0.39, 0.29) is 11.9 Å². The van der Waals surface area contributed by atoms with Crippen LogP contribution < -0.4 is 10.1 Å². The first-order valence-corrected chi connectivity index (χ1v) is 6.80. The van der Waals surface area contributed by atoms with Gasteiger partial charge >= 0.3 is 0 Å². The maximum atomic E-state index is 14.0. The minimum absolute atomic E-state index is 0.0395. The number of nitrogens with one attached hydrogen (secondary N) is 1. The molecule has 0 bridgehead atoms. The lowest BCUT2D eigenvalue weighted by atomic mass is 9.99. The Hall–Kier alpha value is -1.09. The average molecular weight is 253 g/mol. The standard InChI is InChI=1S/C15H24FNO/c1-4-6-7-10-13(17-5-2)15-12(16)9-8-11-14(15)18-3/h8-9,11,13,17H,4-7,10H2,1-3H3. The second-order valence-electron chi connectivity index (χ2n) is 4.46. The molecule has 0 fully saturated rings. The summed E-state index contributed by atoms with van der Waals surface area (Å²) in [6.07, 6.45) is 4.40. The normalized spacial score (nSPS) is 12.4. The van der Waals surface area contributed by atoms with Gasteiger partial charge in [0.2, 0.25) is 0 Å². The zero-order chi connectivity index (χ0) is 13.4. The van der Waals surface area contributed by atoms with Crippen molar-refractivity contribution >= 4 is 0 Å². The first-order valence-electron chi connectivity index (χ1n) is 6.80. The van der Waals surface area contributed by atoms with Crippen molar-refractivity contribution in [2.24, 2.45) is 0 Å². The molecule has 3 heteroatoms. The molecule has 0 aliphatic heterocycles. The number of ether oxygens (including phenoxy) is 1. The summed E-state index contributed by atoms with van der Waals surface area (Å²) < 4.78 is 19.3. The second kappa shape index (κ2) is 8.09. The minimum atomic E-state index is -0.184. The van der Waals surface area contributed by atoms with Crippen LogP contribution >= 0.6 is 0 Å². The highest BCUT2D eigenvalue weighted by molar-refractivity contribution is 5.37. The third-order valence-corrected chi connectivity index (χ3v) is 3.13. The monoisotopic (exact) mass is 253 g/mol. The summed E-state index contributed by atoms with van der Waals surface area (Å²) in [6.45, 7) is 5.04. The fraction of sp³-hybridized carbons (Fsp3) is 0.600. The van der Waals surface area contributed by atoms with Gasteiger partial charge in [-0.05, 0) is 25.1 Å². The number of hydrogen-bond donors (Lipinski definition) is 1. The molecule has 1 atom stereocenters. The number of methoxy groups -OCH3 is 1. The smallest absolute Gasteiger partial charge is 0.131 e. The van der Waals surface area contributed by atoms with Gasteiger partial charge in [0.15, 0.2) is 0 Å². The molecule has 102 valence electrons. The van der Waals surface area contributed by atoms with Gasteiger partial charge in [0, 0.05) is 11.6 Å². The summed E-state index contributed by atoms with van der Waals surface area (Å²) >= 11 is 0. The van der Waals surface area contributed by atoms with Gasteiger partial charge in [-0.15, -0.1) is 0 Å². The van der Waals surface area contributed by atoms with E-state index in [0.29, 0.717) is 11.3 Å². The molecule has 1 aromatic carbocycles. The van der Waals surface area contributed by atoms with Crippen LogP contribution in [0.1, 0.15) is 51.1 Å². The van der Waals surface area contributed by atoms with Crippen molar-refractivity contribution in [1.29, 1.82) is 0 Å². The highest BCUT2D eigenvalue weighted by Crippen LogP contribution is 2.31. The van der Waals surface area contributed by atoms with E-state index >= 15 is 0 Å². The summed E-state index contributed by atoms with van der Waals surface area (Å²) in [5.74, 6) is 0.453. The predicted molar refractivity (Wildman–Crippen MR) is 73.5 cm³/mol. The molecular weight excluding hydrogens is 229 g/mol. The first-order chi connectivity index (χ1) is 8.74. The fourth-order valence-corrected chi connectivity index (χ4v) is 2.23. The summed E-state index contributed by atoms with van der Waals surface area (Å²) in [7, 11) is 1.59. The molecule has 0 saturated carbocycles. The maximum absolute atomic E-state index is 14.0. The topological polar surface area (TPSA) is 21.3 Å². The van der Waals surface area contributed by atoms with Crippen molar-refractivity contribution in [1.82, 2.24) is 5.32 Å². The zero-order valence-electron chi connectivity index (χ0n) is 11.6. The van der Waals surface area contributed by atoms with Crippen molar-refractivity contribution in [3.63, 3.8) is 0 Å². The Morgan fingerprint density at radius 3 is 2.67 bits per heavy atom. The van der Waals surface area contributed by atoms with Crippen LogP contribution in [0.5, 0.6) is 5.75 Å². The molecule has 1 aromatic rings. The van der Waals surface area contributed by atoms with Crippen LogP contribution in [0.2, 0.25) is 0 Å². The van der Waals surface area contributed by atoms with Crippen LogP contribution in [0, 0.1) is 5.82 Å². The average Bonchev–Trinajstić information content (AvgIpc) is 2.38. The summed E-state index contributed by atoms with van der Waals surface area (Å²) in [4.78, 5) is 0. The lowest BCUT2D eigenvalue weighted by Crippen LogP contribution is -2.22. The molecule has 1 N–H and O–H groups in total. The van der Waals surface area contributed by atoms with E-state index in [2.05, 4.69) is 12.2 Å². The SMILES string of the molecule is CCCCCC(NCC)c1c(F)cccc1OC. The van der Waals surface area contributed by atoms with Gasteiger partial charge in [-0.25, -0.2) is 4.39 Å². The quantitative estimate of drug-likeness (QED) is 0.705. The van der Waals surface area contributed by atoms with Gasteiger partial charge in [-0.2, -0.15) is 0 Å². The van der Waals surface area contributed by atoms with Gasteiger partial charge in [0.25, 0.3) is 0 Å². The van der Waals surface area contributed by atoms with Gasteiger partial charge in [-0.3, -0.25) is 0 Å². The summed E-state index contributed by atoms with van der Waals surface area (Å²) in [5, 5.41) is 3.35. The highest BCUT2D eigenvalue weighted by atomic mass is 19.1. The van der Waals surface area contributed by atoms with Crippen LogP contribution in [-0.4, -0.2) is 13.7 Å². The van der Waals surface area contributed by atoms with Crippen LogP contribution in [-0.2, 0) is 0 Å². The Labute approximate surface area is 110 Å².